The monoisotopic (exact) mass is 386 g/mol. The summed E-state index contributed by atoms with van der Waals surface area (Å²) in [6.45, 7) is 0. The van der Waals surface area contributed by atoms with Crippen molar-refractivity contribution in [3.05, 3.63) is 81.2 Å². The lowest BCUT2D eigenvalue weighted by Gasteiger charge is -2.05. The van der Waals surface area contributed by atoms with Crippen molar-refractivity contribution in [2.24, 2.45) is 0 Å². The molecule has 3 rings (SSSR count). The Morgan fingerprint density at radius 2 is 1.92 bits per heavy atom. The van der Waals surface area contributed by atoms with Crippen LogP contribution in [0.25, 0.3) is 0 Å². The fraction of sp³-hybridized carbons (Fsp3) is 0.111. The molecule has 0 fully saturated rings. The van der Waals surface area contributed by atoms with Crippen LogP contribution < -0.4 is 10.9 Å². The van der Waals surface area contributed by atoms with Crippen molar-refractivity contribution in [2.45, 2.75) is 11.6 Å². The molecule has 8 heteroatoms. The maximum Gasteiger partial charge on any atom is 0.273 e. The molecule has 0 atom stereocenters. The van der Waals surface area contributed by atoms with Gasteiger partial charge >= 0.3 is 0 Å². The second-order valence-corrected chi connectivity index (χ2v) is 6.82. The zero-order valence-electron chi connectivity index (χ0n) is 13.6. The van der Waals surface area contributed by atoms with Gasteiger partial charge in [0, 0.05) is 17.1 Å². The molecule has 0 saturated heterocycles. The number of H-pyrrole nitrogens is 1. The number of aromatic nitrogens is 3. The van der Waals surface area contributed by atoms with E-state index in [1.54, 1.807) is 24.3 Å². The molecule has 0 aliphatic rings. The molecular weight excluding hydrogens is 372 g/mol. The van der Waals surface area contributed by atoms with Crippen molar-refractivity contribution in [3.63, 3.8) is 0 Å². The first-order valence-electron chi connectivity index (χ1n) is 7.78. The van der Waals surface area contributed by atoms with Gasteiger partial charge in [-0.3, -0.25) is 14.6 Å². The zero-order valence-corrected chi connectivity index (χ0v) is 15.2. The van der Waals surface area contributed by atoms with E-state index in [4.69, 9.17) is 11.6 Å². The maximum atomic E-state index is 12.1. The van der Waals surface area contributed by atoms with Crippen LogP contribution in [0.5, 0.6) is 0 Å². The second kappa shape index (κ2) is 8.64. The molecule has 132 valence electrons. The quantitative estimate of drug-likeness (QED) is 0.635. The first-order chi connectivity index (χ1) is 12.6. The highest BCUT2D eigenvalue weighted by Crippen LogP contribution is 2.16. The van der Waals surface area contributed by atoms with E-state index in [1.807, 2.05) is 30.3 Å². The molecule has 26 heavy (non-hydrogen) atoms. The number of aromatic amines is 1. The van der Waals surface area contributed by atoms with Crippen molar-refractivity contribution in [1.29, 1.82) is 0 Å². The van der Waals surface area contributed by atoms with Crippen LogP contribution >= 0.6 is 23.4 Å². The Morgan fingerprint density at radius 1 is 1.12 bits per heavy atom. The third-order valence-corrected chi connectivity index (χ3v) is 4.51. The molecule has 0 unspecified atom stereocenters. The van der Waals surface area contributed by atoms with E-state index < -0.39 is 0 Å². The number of rotatable bonds is 6. The Kier molecular flexibility index (Phi) is 6.04. The molecule has 1 heterocycles. The van der Waals surface area contributed by atoms with E-state index in [0.717, 1.165) is 17.3 Å². The van der Waals surface area contributed by atoms with Gasteiger partial charge in [-0.1, -0.05) is 59.8 Å². The van der Waals surface area contributed by atoms with Crippen molar-refractivity contribution >= 4 is 35.0 Å². The number of hydrogen-bond acceptors (Lipinski definition) is 5. The molecule has 0 saturated carbocycles. The molecule has 1 amide bonds. The predicted molar refractivity (Wildman–Crippen MR) is 103 cm³/mol. The van der Waals surface area contributed by atoms with Crippen LogP contribution in [-0.4, -0.2) is 26.8 Å². The molecule has 0 spiro atoms. The molecule has 0 bridgehead atoms. The van der Waals surface area contributed by atoms with Crippen LogP contribution in [0.4, 0.5) is 5.69 Å². The van der Waals surface area contributed by atoms with Crippen molar-refractivity contribution in [3.8, 4) is 0 Å². The third-order valence-electron chi connectivity index (χ3n) is 3.41. The Morgan fingerprint density at radius 3 is 2.65 bits per heavy atom. The van der Waals surface area contributed by atoms with Gasteiger partial charge < -0.3 is 5.32 Å². The lowest BCUT2D eigenvalue weighted by atomic mass is 10.1. The lowest BCUT2D eigenvalue weighted by molar-refractivity contribution is -0.113. The fourth-order valence-corrected chi connectivity index (χ4v) is 3.01. The van der Waals surface area contributed by atoms with Crippen LogP contribution in [0.1, 0.15) is 11.3 Å². The Balaban J connectivity index is 1.57. The number of benzene rings is 2. The average Bonchev–Trinajstić information content (AvgIpc) is 2.63. The third kappa shape index (κ3) is 5.18. The van der Waals surface area contributed by atoms with Crippen LogP contribution in [0, 0.1) is 0 Å². The number of carbonyl (C=O) groups excluding carboxylic acids is 1. The molecule has 2 aromatic carbocycles. The fourth-order valence-electron chi connectivity index (χ4n) is 2.21. The summed E-state index contributed by atoms with van der Waals surface area (Å²) in [5.74, 6) is -0.136. The Hall–Kier alpha value is -2.64. The molecule has 3 aromatic rings. The summed E-state index contributed by atoms with van der Waals surface area (Å²) in [5.41, 5.74) is 1.63. The highest BCUT2D eigenvalue weighted by molar-refractivity contribution is 7.99. The van der Waals surface area contributed by atoms with Crippen molar-refractivity contribution < 1.29 is 4.79 Å². The molecular formula is C18H15ClN4O2S. The van der Waals surface area contributed by atoms with Crippen molar-refractivity contribution in [1.82, 2.24) is 15.2 Å². The summed E-state index contributed by atoms with van der Waals surface area (Å²) in [4.78, 5) is 26.8. The number of nitrogens with zero attached hydrogens (tertiary/aromatic N) is 2. The number of halogens is 1. The predicted octanol–water partition coefficient (Wildman–Crippen LogP) is 3.14. The average molecular weight is 387 g/mol. The zero-order chi connectivity index (χ0) is 18.4. The van der Waals surface area contributed by atoms with Gasteiger partial charge in [-0.15, -0.1) is 10.2 Å². The number of anilines is 1. The van der Waals surface area contributed by atoms with Crippen LogP contribution in [0.15, 0.2) is 64.5 Å². The largest absolute Gasteiger partial charge is 0.325 e. The normalized spacial score (nSPS) is 10.5. The minimum absolute atomic E-state index is 0.0924. The van der Waals surface area contributed by atoms with E-state index in [0.29, 0.717) is 28.0 Å². The molecule has 2 N–H and O–H groups in total. The Bertz CT molecular complexity index is 963. The number of nitrogens with one attached hydrogen (secondary N) is 2. The van der Waals surface area contributed by atoms with Gasteiger partial charge in [-0.05, 0) is 23.8 Å². The van der Waals surface area contributed by atoms with E-state index in [1.165, 1.54) is 0 Å². The smallest absolute Gasteiger partial charge is 0.273 e. The minimum Gasteiger partial charge on any atom is -0.325 e. The summed E-state index contributed by atoms with van der Waals surface area (Å²) in [6.07, 6.45) is 0.406. The Labute approximate surface area is 159 Å². The highest BCUT2D eigenvalue weighted by atomic mass is 35.5. The first kappa shape index (κ1) is 18.2. The summed E-state index contributed by atoms with van der Waals surface area (Å²) >= 11 is 6.98. The van der Waals surface area contributed by atoms with Gasteiger partial charge in [0.05, 0.1) is 5.75 Å². The van der Waals surface area contributed by atoms with Gasteiger partial charge in [0.15, 0.2) is 5.16 Å². The summed E-state index contributed by atoms with van der Waals surface area (Å²) in [5, 5.41) is 11.5. The van der Waals surface area contributed by atoms with Crippen LogP contribution in [-0.2, 0) is 11.2 Å². The maximum absolute atomic E-state index is 12.1. The van der Waals surface area contributed by atoms with E-state index in [-0.39, 0.29) is 17.2 Å². The summed E-state index contributed by atoms with van der Waals surface area (Å²) in [6, 6.07) is 16.4. The number of carbonyl (C=O) groups is 1. The van der Waals surface area contributed by atoms with E-state index in [2.05, 4.69) is 20.5 Å². The number of hydrogen-bond donors (Lipinski definition) is 2. The van der Waals surface area contributed by atoms with Gasteiger partial charge in [0.2, 0.25) is 5.91 Å². The standard InChI is InChI=1S/C18H15ClN4O2S/c19-13-7-4-8-14(10-13)20-16(24)11-26-18-21-17(25)15(22-23-18)9-12-5-2-1-3-6-12/h1-8,10H,9,11H2,(H,20,24)(H,21,23,25). The second-order valence-electron chi connectivity index (χ2n) is 5.42. The van der Waals surface area contributed by atoms with Gasteiger partial charge in [0.25, 0.3) is 5.56 Å². The van der Waals surface area contributed by atoms with Gasteiger partial charge in [-0.2, -0.15) is 0 Å². The molecule has 0 radical (unpaired) electrons. The summed E-state index contributed by atoms with van der Waals surface area (Å²) in [7, 11) is 0. The number of thioether (sulfide) groups is 1. The van der Waals surface area contributed by atoms with Crippen LogP contribution in [0.3, 0.4) is 0 Å². The van der Waals surface area contributed by atoms with Gasteiger partial charge in [-0.25, -0.2) is 0 Å². The van der Waals surface area contributed by atoms with E-state index in [9.17, 15) is 9.59 Å². The first-order valence-corrected chi connectivity index (χ1v) is 9.14. The van der Waals surface area contributed by atoms with Crippen LogP contribution in [0.2, 0.25) is 5.02 Å². The molecule has 6 nitrogen and oxygen atoms in total. The minimum atomic E-state index is -0.304. The highest BCUT2D eigenvalue weighted by Gasteiger charge is 2.09. The lowest BCUT2D eigenvalue weighted by Crippen LogP contribution is -2.19. The summed E-state index contributed by atoms with van der Waals surface area (Å²) < 4.78 is 0. The molecule has 0 aliphatic carbocycles. The van der Waals surface area contributed by atoms with Gasteiger partial charge in [0.1, 0.15) is 5.69 Å². The van der Waals surface area contributed by atoms with E-state index >= 15 is 0 Å². The SMILES string of the molecule is O=C(CSc1nnc(Cc2ccccc2)c(=O)[nH]1)Nc1cccc(Cl)c1. The molecule has 0 aliphatic heterocycles. The van der Waals surface area contributed by atoms with Crippen molar-refractivity contribution in [2.75, 3.05) is 11.1 Å². The number of amides is 1. The topological polar surface area (TPSA) is 87.7 Å². The molecule has 1 aromatic heterocycles.